The molecule has 9 heteroatoms. The fraction of sp³-hybridized carbons (Fsp3) is 0.240. The Bertz CT molecular complexity index is 1250. The number of benzene rings is 1. The Labute approximate surface area is 196 Å². The van der Waals surface area contributed by atoms with E-state index in [1.165, 1.54) is 6.20 Å². The van der Waals surface area contributed by atoms with Crippen LogP contribution in [0.5, 0.6) is 0 Å². The molecule has 174 valence electrons. The first-order valence-corrected chi connectivity index (χ1v) is 11.0. The highest BCUT2D eigenvalue weighted by molar-refractivity contribution is 6.09. The number of carbonyl (C=O) groups is 3. The van der Waals surface area contributed by atoms with E-state index in [2.05, 4.69) is 20.8 Å². The summed E-state index contributed by atoms with van der Waals surface area (Å²) in [6.07, 6.45) is 5.17. The summed E-state index contributed by atoms with van der Waals surface area (Å²) in [5.41, 5.74) is 5.96. The Morgan fingerprint density at radius 1 is 1.09 bits per heavy atom. The number of aromatic nitrogens is 1. The van der Waals surface area contributed by atoms with Crippen LogP contribution in [-0.2, 0) is 11.2 Å². The van der Waals surface area contributed by atoms with Crippen molar-refractivity contribution < 1.29 is 23.5 Å². The molecule has 3 aromatic rings. The molecule has 0 aliphatic heterocycles. The van der Waals surface area contributed by atoms with Gasteiger partial charge in [0.25, 0.3) is 11.8 Å². The standard InChI is InChI=1S/C25H24N4O5/c1-3-33-25(32)16-9-11-18(12-10-16)27-24(31)22-15(2)21-19(7-4-8-20(21)34-22)28-29-23(30)17-6-5-13-26-14-17/h5-6,9-14H,3-4,7-8H2,1-2H3,(H,27,31)(H,29,30)/b28-19+. The molecule has 1 aromatic carbocycles. The molecule has 2 amide bonds. The van der Waals surface area contributed by atoms with Crippen LogP contribution < -0.4 is 10.7 Å². The van der Waals surface area contributed by atoms with Gasteiger partial charge in [0.15, 0.2) is 5.76 Å². The van der Waals surface area contributed by atoms with Crippen LogP contribution in [-0.4, -0.2) is 35.1 Å². The minimum Gasteiger partial charge on any atom is -0.462 e. The van der Waals surface area contributed by atoms with Crippen molar-refractivity contribution in [2.45, 2.75) is 33.1 Å². The molecule has 4 rings (SSSR count). The molecule has 1 aliphatic rings. The Morgan fingerprint density at radius 2 is 1.88 bits per heavy atom. The molecule has 0 saturated carbocycles. The maximum absolute atomic E-state index is 12.9. The highest BCUT2D eigenvalue weighted by Gasteiger charge is 2.28. The van der Waals surface area contributed by atoms with Crippen LogP contribution >= 0.6 is 0 Å². The number of fused-ring (bicyclic) bond motifs is 1. The number of anilines is 1. The van der Waals surface area contributed by atoms with Gasteiger partial charge in [-0.25, -0.2) is 10.2 Å². The number of rotatable bonds is 6. The quantitative estimate of drug-likeness (QED) is 0.425. The van der Waals surface area contributed by atoms with Crippen molar-refractivity contribution in [1.82, 2.24) is 10.4 Å². The van der Waals surface area contributed by atoms with Gasteiger partial charge in [-0.3, -0.25) is 14.6 Å². The van der Waals surface area contributed by atoms with Crippen molar-refractivity contribution in [2.24, 2.45) is 5.10 Å². The van der Waals surface area contributed by atoms with Gasteiger partial charge >= 0.3 is 5.97 Å². The summed E-state index contributed by atoms with van der Waals surface area (Å²) in [5.74, 6) is -0.335. The minimum atomic E-state index is -0.419. The summed E-state index contributed by atoms with van der Waals surface area (Å²) in [7, 11) is 0. The molecular formula is C25H24N4O5. The van der Waals surface area contributed by atoms with E-state index in [0.29, 0.717) is 46.7 Å². The van der Waals surface area contributed by atoms with Crippen molar-refractivity contribution >= 4 is 29.2 Å². The van der Waals surface area contributed by atoms with Crippen LogP contribution in [0.4, 0.5) is 5.69 Å². The van der Waals surface area contributed by atoms with Gasteiger partial charge in [-0.15, -0.1) is 0 Å². The van der Waals surface area contributed by atoms with Crippen LogP contribution in [0.25, 0.3) is 0 Å². The van der Waals surface area contributed by atoms with Crippen molar-refractivity contribution in [3.8, 4) is 0 Å². The second kappa shape index (κ2) is 10.1. The van der Waals surface area contributed by atoms with Gasteiger partial charge in [0.1, 0.15) is 5.76 Å². The average Bonchev–Trinajstić information content (AvgIpc) is 3.21. The number of nitrogens with one attached hydrogen (secondary N) is 2. The number of furan rings is 1. The van der Waals surface area contributed by atoms with Crippen LogP contribution in [0, 0.1) is 6.92 Å². The molecule has 0 atom stereocenters. The second-order valence-electron chi connectivity index (χ2n) is 7.70. The third kappa shape index (κ3) is 4.88. The number of esters is 1. The smallest absolute Gasteiger partial charge is 0.338 e. The van der Waals surface area contributed by atoms with Gasteiger partial charge < -0.3 is 14.5 Å². The van der Waals surface area contributed by atoms with E-state index in [0.717, 1.165) is 12.0 Å². The highest BCUT2D eigenvalue weighted by Crippen LogP contribution is 2.30. The van der Waals surface area contributed by atoms with Crippen LogP contribution in [0.3, 0.4) is 0 Å². The van der Waals surface area contributed by atoms with Crippen molar-refractivity contribution in [3.05, 3.63) is 82.6 Å². The Balaban J connectivity index is 1.50. The van der Waals surface area contributed by atoms with Crippen LogP contribution in [0.15, 0.2) is 58.3 Å². The molecule has 2 heterocycles. The zero-order chi connectivity index (χ0) is 24.1. The van der Waals surface area contributed by atoms with Gasteiger partial charge in [0.05, 0.1) is 23.4 Å². The zero-order valence-electron chi connectivity index (χ0n) is 18.9. The molecule has 34 heavy (non-hydrogen) atoms. The molecule has 0 bridgehead atoms. The third-order valence-electron chi connectivity index (χ3n) is 5.40. The minimum absolute atomic E-state index is 0.188. The predicted molar refractivity (Wildman–Crippen MR) is 125 cm³/mol. The lowest BCUT2D eigenvalue weighted by Gasteiger charge is -2.13. The van der Waals surface area contributed by atoms with Crippen LogP contribution in [0.1, 0.15) is 67.9 Å². The number of nitrogens with zero attached hydrogens (tertiary/aromatic N) is 2. The molecular weight excluding hydrogens is 436 g/mol. The van der Waals surface area contributed by atoms with Gasteiger partial charge in [-0.05, 0) is 63.1 Å². The molecule has 0 unspecified atom stereocenters. The fourth-order valence-electron chi connectivity index (χ4n) is 3.77. The maximum Gasteiger partial charge on any atom is 0.338 e. The first kappa shape index (κ1) is 22.9. The van der Waals surface area contributed by atoms with Gasteiger partial charge in [0, 0.05) is 35.6 Å². The molecule has 2 aromatic heterocycles. The second-order valence-corrected chi connectivity index (χ2v) is 7.70. The van der Waals surface area contributed by atoms with Crippen molar-refractivity contribution in [3.63, 3.8) is 0 Å². The molecule has 1 aliphatic carbocycles. The van der Waals surface area contributed by atoms with E-state index in [1.807, 2.05) is 0 Å². The molecule has 0 spiro atoms. The topological polar surface area (TPSA) is 123 Å². The molecule has 0 fully saturated rings. The van der Waals surface area contributed by atoms with E-state index in [4.69, 9.17) is 9.15 Å². The number of hydrazone groups is 1. The molecule has 2 N–H and O–H groups in total. The highest BCUT2D eigenvalue weighted by atomic mass is 16.5. The number of hydrogen-bond acceptors (Lipinski definition) is 7. The Kier molecular flexibility index (Phi) is 6.82. The first-order valence-electron chi connectivity index (χ1n) is 11.0. The third-order valence-corrected chi connectivity index (χ3v) is 5.40. The van der Waals surface area contributed by atoms with Gasteiger partial charge in [-0.2, -0.15) is 5.10 Å². The van der Waals surface area contributed by atoms with E-state index in [9.17, 15) is 14.4 Å². The summed E-state index contributed by atoms with van der Waals surface area (Å²) in [5, 5.41) is 7.10. The number of aryl methyl sites for hydroxylation is 1. The lowest BCUT2D eigenvalue weighted by Crippen LogP contribution is -2.22. The van der Waals surface area contributed by atoms with Gasteiger partial charge in [-0.1, -0.05) is 0 Å². The van der Waals surface area contributed by atoms with Crippen molar-refractivity contribution in [1.29, 1.82) is 0 Å². The van der Waals surface area contributed by atoms with E-state index < -0.39 is 11.9 Å². The molecule has 9 nitrogen and oxygen atoms in total. The van der Waals surface area contributed by atoms with Gasteiger partial charge in [0.2, 0.25) is 0 Å². The number of amides is 2. The maximum atomic E-state index is 12.9. The fourth-order valence-corrected chi connectivity index (χ4v) is 3.77. The lowest BCUT2D eigenvalue weighted by molar-refractivity contribution is 0.0526. The van der Waals surface area contributed by atoms with E-state index >= 15 is 0 Å². The molecule has 0 radical (unpaired) electrons. The predicted octanol–water partition coefficient (Wildman–Crippen LogP) is 3.88. The number of hydrogen-bond donors (Lipinski definition) is 2. The number of ether oxygens (including phenoxy) is 1. The summed E-state index contributed by atoms with van der Waals surface area (Å²) in [4.78, 5) is 41.0. The average molecular weight is 460 g/mol. The van der Waals surface area contributed by atoms with E-state index in [-0.39, 0.29) is 18.3 Å². The lowest BCUT2D eigenvalue weighted by atomic mass is 9.93. The van der Waals surface area contributed by atoms with E-state index in [1.54, 1.807) is 56.4 Å². The first-order chi connectivity index (χ1) is 16.5. The van der Waals surface area contributed by atoms with Crippen molar-refractivity contribution in [2.75, 3.05) is 11.9 Å². The SMILES string of the molecule is CCOC(=O)c1ccc(NC(=O)c2oc3c(c2C)/C(=N/NC(=O)c2cccnc2)CCC3)cc1. The Hall–Kier alpha value is -4.27. The summed E-state index contributed by atoms with van der Waals surface area (Å²) in [6.45, 7) is 3.83. The normalized spacial score (nSPS) is 13.8. The largest absolute Gasteiger partial charge is 0.462 e. The monoisotopic (exact) mass is 460 g/mol. The summed E-state index contributed by atoms with van der Waals surface area (Å²) < 4.78 is 10.9. The van der Waals surface area contributed by atoms with Crippen LogP contribution in [0.2, 0.25) is 0 Å². The Morgan fingerprint density at radius 3 is 2.59 bits per heavy atom. The molecule has 0 saturated heterocycles. The summed E-state index contributed by atoms with van der Waals surface area (Å²) in [6, 6.07) is 9.76. The zero-order valence-corrected chi connectivity index (χ0v) is 18.9. The summed E-state index contributed by atoms with van der Waals surface area (Å²) >= 11 is 0. The number of carbonyl (C=O) groups excluding carboxylic acids is 3. The number of pyridine rings is 1.